The van der Waals surface area contributed by atoms with Crippen LogP contribution in [0.2, 0.25) is 0 Å². The first-order chi connectivity index (χ1) is 13.2. The van der Waals surface area contributed by atoms with Gasteiger partial charge in [0.25, 0.3) is 6.47 Å². The Bertz CT molecular complexity index is 870. The molecule has 0 unspecified atom stereocenters. The van der Waals surface area contributed by atoms with Crippen molar-refractivity contribution in [2.75, 3.05) is 26.4 Å². The number of aromatic nitrogens is 2. The molecule has 0 spiro atoms. The van der Waals surface area contributed by atoms with Crippen molar-refractivity contribution in [3.8, 4) is 5.88 Å². The van der Waals surface area contributed by atoms with Crippen molar-refractivity contribution in [1.29, 1.82) is 0 Å². The first-order valence-electron chi connectivity index (χ1n) is 8.83. The first-order valence-corrected chi connectivity index (χ1v) is 8.83. The number of rotatable bonds is 8. The molecule has 7 nitrogen and oxygen atoms in total. The van der Waals surface area contributed by atoms with E-state index in [0.29, 0.717) is 25.6 Å². The number of aryl methyl sites for hydroxylation is 1. The Balaban J connectivity index is 0.000000817. The normalized spacial score (nSPS) is 10.4. The van der Waals surface area contributed by atoms with Crippen molar-refractivity contribution in [1.82, 2.24) is 9.97 Å². The summed E-state index contributed by atoms with van der Waals surface area (Å²) in [7, 11) is 0. The van der Waals surface area contributed by atoms with Gasteiger partial charge in [-0.25, -0.2) is 4.98 Å². The maximum Gasteiger partial charge on any atom is 0.290 e. The number of hydrogen-bond acceptors (Lipinski definition) is 6. The van der Waals surface area contributed by atoms with Crippen LogP contribution in [-0.2, 0) is 9.53 Å². The van der Waals surface area contributed by atoms with Crippen LogP contribution in [0.4, 0.5) is 0 Å². The van der Waals surface area contributed by atoms with E-state index in [1.54, 1.807) is 6.20 Å². The fraction of sp³-hybridized carbons (Fsp3) is 0.350. The minimum absolute atomic E-state index is 0.250. The molecule has 0 bridgehead atoms. The number of carboxylic acid groups (broad SMARTS) is 1. The fourth-order valence-corrected chi connectivity index (χ4v) is 2.68. The minimum Gasteiger partial charge on any atom is -0.483 e. The third kappa shape index (κ3) is 5.87. The highest BCUT2D eigenvalue weighted by molar-refractivity contribution is 6.07. The number of carbonyl (C=O) groups is 1. The van der Waals surface area contributed by atoms with E-state index in [9.17, 15) is 0 Å². The Morgan fingerprint density at radius 1 is 1.11 bits per heavy atom. The zero-order valence-electron chi connectivity index (χ0n) is 15.4. The highest BCUT2D eigenvalue weighted by Crippen LogP contribution is 2.30. The van der Waals surface area contributed by atoms with E-state index in [-0.39, 0.29) is 6.47 Å². The summed E-state index contributed by atoms with van der Waals surface area (Å²) < 4.78 is 11.4. The molecule has 0 aliphatic carbocycles. The standard InChI is InChI=1S/C19H23N3O2.CH2O2/c1-14-4-5-15-17-13-21-8-6-16(17)19(22-18(15)12-14)24-11-10-23-9-3-2-7-20;2-1-3/h4-6,8,12-13H,2-3,7,9-11,20H2,1H3;1H,(H,2,3). The van der Waals surface area contributed by atoms with Crippen LogP contribution in [0.1, 0.15) is 18.4 Å². The van der Waals surface area contributed by atoms with Crippen LogP contribution in [0, 0.1) is 6.92 Å². The Kier molecular flexibility index (Phi) is 8.41. The van der Waals surface area contributed by atoms with E-state index >= 15 is 0 Å². The van der Waals surface area contributed by atoms with Crippen molar-refractivity contribution < 1.29 is 19.4 Å². The number of nitrogens with zero attached hydrogens (tertiary/aromatic N) is 2. The molecule has 0 atom stereocenters. The van der Waals surface area contributed by atoms with E-state index in [1.807, 2.05) is 12.3 Å². The molecule has 0 saturated heterocycles. The van der Waals surface area contributed by atoms with Crippen molar-refractivity contribution in [2.45, 2.75) is 19.8 Å². The third-order valence-electron chi connectivity index (χ3n) is 3.93. The van der Waals surface area contributed by atoms with E-state index in [2.05, 4.69) is 35.1 Å². The molecule has 0 aliphatic rings. The maximum atomic E-state index is 8.36. The van der Waals surface area contributed by atoms with Gasteiger partial charge in [0.1, 0.15) is 6.61 Å². The Labute approximate surface area is 158 Å². The van der Waals surface area contributed by atoms with Crippen LogP contribution < -0.4 is 10.5 Å². The lowest BCUT2D eigenvalue weighted by atomic mass is 10.1. The van der Waals surface area contributed by atoms with Gasteiger partial charge in [0, 0.05) is 35.2 Å². The molecule has 0 aliphatic heterocycles. The number of ether oxygens (including phenoxy) is 2. The Hall–Kier alpha value is -2.77. The third-order valence-corrected chi connectivity index (χ3v) is 3.93. The molecule has 7 heteroatoms. The molecule has 2 heterocycles. The lowest BCUT2D eigenvalue weighted by Crippen LogP contribution is -2.09. The minimum atomic E-state index is -0.250. The molecule has 3 aromatic rings. The van der Waals surface area contributed by atoms with E-state index < -0.39 is 0 Å². The van der Waals surface area contributed by atoms with Crippen LogP contribution in [0.15, 0.2) is 36.7 Å². The van der Waals surface area contributed by atoms with Crippen molar-refractivity contribution in [3.63, 3.8) is 0 Å². The van der Waals surface area contributed by atoms with Gasteiger partial charge in [-0.3, -0.25) is 9.78 Å². The smallest absolute Gasteiger partial charge is 0.290 e. The molecule has 0 amide bonds. The molecular weight excluding hydrogens is 346 g/mol. The summed E-state index contributed by atoms with van der Waals surface area (Å²) in [5.74, 6) is 0.635. The Morgan fingerprint density at radius 2 is 1.93 bits per heavy atom. The molecule has 3 N–H and O–H groups in total. The molecule has 27 heavy (non-hydrogen) atoms. The van der Waals surface area contributed by atoms with Crippen LogP contribution in [0.25, 0.3) is 21.7 Å². The lowest BCUT2D eigenvalue weighted by molar-refractivity contribution is -0.122. The van der Waals surface area contributed by atoms with Crippen LogP contribution >= 0.6 is 0 Å². The average molecular weight is 371 g/mol. The second-order valence-corrected chi connectivity index (χ2v) is 5.92. The number of benzene rings is 1. The summed E-state index contributed by atoms with van der Waals surface area (Å²) in [6, 6.07) is 8.19. The molecule has 144 valence electrons. The molecule has 0 fully saturated rings. The molecule has 3 rings (SSSR count). The summed E-state index contributed by atoms with van der Waals surface area (Å²) in [4.78, 5) is 17.3. The first kappa shape index (κ1) is 20.5. The van der Waals surface area contributed by atoms with Crippen molar-refractivity contribution in [2.24, 2.45) is 5.73 Å². The summed E-state index contributed by atoms with van der Waals surface area (Å²) in [6.45, 7) is 4.26. The van der Waals surface area contributed by atoms with E-state index in [0.717, 1.165) is 41.1 Å². The van der Waals surface area contributed by atoms with Crippen LogP contribution in [-0.4, -0.2) is 47.9 Å². The predicted molar refractivity (Wildman–Crippen MR) is 105 cm³/mol. The highest BCUT2D eigenvalue weighted by Gasteiger charge is 2.09. The van der Waals surface area contributed by atoms with E-state index in [1.165, 1.54) is 5.56 Å². The van der Waals surface area contributed by atoms with Crippen molar-refractivity contribution in [3.05, 3.63) is 42.2 Å². The van der Waals surface area contributed by atoms with Gasteiger partial charge < -0.3 is 20.3 Å². The molecular formula is C20H25N3O4. The van der Waals surface area contributed by atoms with Gasteiger partial charge in [-0.1, -0.05) is 12.1 Å². The zero-order chi connectivity index (χ0) is 19.5. The maximum absolute atomic E-state index is 8.36. The van der Waals surface area contributed by atoms with Crippen molar-refractivity contribution >= 4 is 28.1 Å². The number of pyridine rings is 2. The summed E-state index contributed by atoms with van der Waals surface area (Å²) in [5.41, 5.74) is 7.56. The van der Waals surface area contributed by atoms with Gasteiger partial charge in [-0.15, -0.1) is 0 Å². The number of fused-ring (bicyclic) bond motifs is 3. The predicted octanol–water partition coefficient (Wildman–Crippen LogP) is 2.93. The average Bonchev–Trinajstić information content (AvgIpc) is 2.67. The van der Waals surface area contributed by atoms with Gasteiger partial charge in [0.05, 0.1) is 12.1 Å². The van der Waals surface area contributed by atoms with Gasteiger partial charge in [-0.05, 0) is 44.0 Å². The van der Waals surface area contributed by atoms with Gasteiger partial charge in [-0.2, -0.15) is 0 Å². The van der Waals surface area contributed by atoms with Crippen LogP contribution in [0.5, 0.6) is 5.88 Å². The molecule has 0 saturated carbocycles. The van der Waals surface area contributed by atoms with Gasteiger partial charge in [0.2, 0.25) is 5.88 Å². The number of hydrogen-bond donors (Lipinski definition) is 2. The summed E-state index contributed by atoms with van der Waals surface area (Å²) in [6.07, 6.45) is 5.60. The van der Waals surface area contributed by atoms with Gasteiger partial charge in [0.15, 0.2) is 0 Å². The van der Waals surface area contributed by atoms with Crippen LogP contribution in [0.3, 0.4) is 0 Å². The SMILES string of the molecule is Cc1ccc2c(c1)nc(OCCOCCCCN)c1ccncc12.O=CO. The molecule has 2 aromatic heterocycles. The zero-order valence-corrected chi connectivity index (χ0v) is 15.4. The highest BCUT2D eigenvalue weighted by atomic mass is 16.5. The van der Waals surface area contributed by atoms with Gasteiger partial charge >= 0.3 is 0 Å². The summed E-state index contributed by atoms with van der Waals surface area (Å²) in [5, 5.41) is 10.0. The monoisotopic (exact) mass is 371 g/mol. The second kappa shape index (κ2) is 11.1. The topological polar surface area (TPSA) is 108 Å². The Morgan fingerprint density at radius 3 is 2.70 bits per heavy atom. The lowest BCUT2D eigenvalue weighted by Gasteiger charge is -2.11. The molecule has 0 radical (unpaired) electrons. The largest absolute Gasteiger partial charge is 0.483 e. The number of unbranched alkanes of at least 4 members (excludes halogenated alkanes) is 1. The molecule has 1 aromatic carbocycles. The van der Waals surface area contributed by atoms with E-state index in [4.69, 9.17) is 25.1 Å². The summed E-state index contributed by atoms with van der Waals surface area (Å²) >= 11 is 0. The fourth-order valence-electron chi connectivity index (χ4n) is 2.68. The second-order valence-electron chi connectivity index (χ2n) is 5.92. The number of nitrogens with two attached hydrogens (primary N) is 1. The quantitative estimate of drug-likeness (QED) is 0.356.